The molecule has 0 radical (unpaired) electrons. The first kappa shape index (κ1) is 16.7. The Hall–Kier alpha value is -1.35. The molecule has 0 amide bonds. The zero-order chi connectivity index (χ0) is 15.5. The average molecular weight is 342 g/mol. The number of sulfonamides is 1. The van der Waals surface area contributed by atoms with Crippen LogP contribution in [0.3, 0.4) is 0 Å². The molecule has 7 nitrogen and oxygen atoms in total. The van der Waals surface area contributed by atoms with Gasteiger partial charge in [-0.3, -0.25) is 9.59 Å². The van der Waals surface area contributed by atoms with Gasteiger partial charge in [0.05, 0.1) is 16.5 Å². The Balaban J connectivity index is 3.17. The van der Waals surface area contributed by atoms with Gasteiger partial charge in [0.25, 0.3) is 0 Å². The molecular weight excluding hydrogens is 333 g/mol. The van der Waals surface area contributed by atoms with Crippen LogP contribution in [0.2, 0.25) is 10.0 Å². The fourth-order valence-electron chi connectivity index (χ4n) is 1.34. The first-order valence-corrected chi connectivity index (χ1v) is 7.30. The van der Waals surface area contributed by atoms with E-state index in [-0.39, 0.29) is 10.0 Å². The van der Waals surface area contributed by atoms with Crippen LogP contribution in [0.15, 0.2) is 23.1 Å². The van der Waals surface area contributed by atoms with Gasteiger partial charge in [0, 0.05) is 0 Å². The highest BCUT2D eigenvalue weighted by atomic mass is 35.5. The third-order valence-electron chi connectivity index (χ3n) is 2.16. The molecule has 0 aromatic heterocycles. The van der Waals surface area contributed by atoms with Crippen molar-refractivity contribution in [2.75, 3.05) is 0 Å². The average Bonchev–Trinajstić information content (AvgIpc) is 2.26. The Morgan fingerprint density at radius 1 is 1.20 bits per heavy atom. The molecule has 0 spiro atoms. The monoisotopic (exact) mass is 341 g/mol. The van der Waals surface area contributed by atoms with E-state index in [1.807, 2.05) is 0 Å². The maximum Gasteiger partial charge on any atom is 0.322 e. The van der Waals surface area contributed by atoms with E-state index in [2.05, 4.69) is 0 Å². The van der Waals surface area contributed by atoms with Crippen LogP contribution < -0.4 is 4.72 Å². The number of carboxylic acid groups (broad SMARTS) is 2. The fraction of sp³-hybridized carbons (Fsp3) is 0.200. The predicted octanol–water partition coefficient (Wildman–Crippen LogP) is 1.20. The Labute approximate surface area is 124 Å². The summed E-state index contributed by atoms with van der Waals surface area (Å²) in [6, 6.07) is 2.10. The van der Waals surface area contributed by atoms with Gasteiger partial charge in [-0.15, -0.1) is 0 Å². The number of carboxylic acids is 2. The molecule has 1 aromatic rings. The molecule has 0 saturated carbocycles. The van der Waals surface area contributed by atoms with Crippen LogP contribution in [0.5, 0.6) is 0 Å². The largest absolute Gasteiger partial charge is 0.481 e. The summed E-state index contributed by atoms with van der Waals surface area (Å²) < 4.78 is 25.8. The standard InChI is InChI=1S/C10H9Cl2NO6S/c11-5-2-1-3-6(12)9(5)20(18,19)13-7(10(16)17)4-8(14)15/h1-3,7,13H,4H2,(H,14,15)(H,16,17). The van der Waals surface area contributed by atoms with Crippen LogP contribution >= 0.6 is 23.2 Å². The number of rotatable bonds is 6. The lowest BCUT2D eigenvalue weighted by Crippen LogP contribution is -2.42. The highest BCUT2D eigenvalue weighted by molar-refractivity contribution is 7.89. The SMILES string of the molecule is O=C(O)CC(NS(=O)(=O)c1c(Cl)cccc1Cl)C(=O)O. The second kappa shape index (κ2) is 6.40. The number of nitrogens with one attached hydrogen (secondary N) is 1. The van der Waals surface area contributed by atoms with Gasteiger partial charge in [0.15, 0.2) is 0 Å². The molecule has 0 bridgehead atoms. The van der Waals surface area contributed by atoms with Crippen molar-refractivity contribution in [2.24, 2.45) is 0 Å². The van der Waals surface area contributed by atoms with E-state index in [1.165, 1.54) is 18.2 Å². The van der Waals surface area contributed by atoms with E-state index >= 15 is 0 Å². The van der Waals surface area contributed by atoms with Crippen LogP contribution in [-0.2, 0) is 19.6 Å². The molecule has 0 heterocycles. The first-order chi connectivity index (χ1) is 9.15. The molecule has 10 heteroatoms. The van der Waals surface area contributed by atoms with Crippen LogP contribution in [0.1, 0.15) is 6.42 Å². The summed E-state index contributed by atoms with van der Waals surface area (Å²) in [6.07, 6.45) is -0.920. The number of hydrogen-bond donors (Lipinski definition) is 3. The van der Waals surface area contributed by atoms with Crippen molar-refractivity contribution in [3.05, 3.63) is 28.2 Å². The molecular formula is C10H9Cl2NO6S. The number of aliphatic carboxylic acids is 2. The van der Waals surface area contributed by atoms with E-state index in [0.29, 0.717) is 0 Å². The van der Waals surface area contributed by atoms with E-state index in [4.69, 9.17) is 33.4 Å². The summed E-state index contributed by atoms with van der Waals surface area (Å²) in [5.74, 6) is -3.09. The van der Waals surface area contributed by atoms with E-state index < -0.39 is 39.3 Å². The van der Waals surface area contributed by atoms with Crippen LogP contribution in [0.25, 0.3) is 0 Å². The molecule has 3 N–H and O–H groups in total. The molecule has 110 valence electrons. The smallest absolute Gasteiger partial charge is 0.322 e. The molecule has 1 unspecified atom stereocenters. The van der Waals surface area contributed by atoms with Gasteiger partial charge in [-0.05, 0) is 12.1 Å². The van der Waals surface area contributed by atoms with Crippen molar-refractivity contribution in [1.29, 1.82) is 0 Å². The van der Waals surface area contributed by atoms with E-state index in [1.54, 1.807) is 4.72 Å². The van der Waals surface area contributed by atoms with Gasteiger partial charge in [0.2, 0.25) is 10.0 Å². The number of carbonyl (C=O) groups is 2. The van der Waals surface area contributed by atoms with E-state index in [0.717, 1.165) is 0 Å². The topological polar surface area (TPSA) is 121 Å². The quantitative estimate of drug-likeness (QED) is 0.714. The van der Waals surface area contributed by atoms with Crippen LogP contribution in [0, 0.1) is 0 Å². The zero-order valence-electron chi connectivity index (χ0n) is 9.71. The minimum absolute atomic E-state index is 0.204. The Bertz CT molecular complexity index is 625. The lowest BCUT2D eigenvalue weighted by atomic mass is 10.2. The number of halogens is 2. The van der Waals surface area contributed by atoms with Gasteiger partial charge in [-0.25, -0.2) is 8.42 Å². The van der Waals surface area contributed by atoms with Crippen molar-refractivity contribution in [3.8, 4) is 0 Å². The van der Waals surface area contributed by atoms with Gasteiger partial charge >= 0.3 is 11.9 Å². The summed E-state index contributed by atoms with van der Waals surface area (Å²) in [5, 5.41) is 17.0. The molecule has 0 fully saturated rings. The molecule has 0 aliphatic carbocycles. The van der Waals surface area contributed by atoms with Crippen LogP contribution in [0.4, 0.5) is 0 Å². The Morgan fingerprint density at radius 3 is 2.10 bits per heavy atom. The third-order valence-corrected chi connectivity index (χ3v) is 4.59. The Morgan fingerprint density at radius 2 is 1.70 bits per heavy atom. The zero-order valence-corrected chi connectivity index (χ0v) is 12.0. The van der Waals surface area contributed by atoms with Crippen molar-refractivity contribution in [2.45, 2.75) is 17.4 Å². The predicted molar refractivity (Wildman–Crippen MR) is 70.5 cm³/mol. The maximum atomic E-state index is 12.0. The normalized spacial score (nSPS) is 12.9. The van der Waals surface area contributed by atoms with E-state index in [9.17, 15) is 18.0 Å². The van der Waals surface area contributed by atoms with Crippen molar-refractivity contribution >= 4 is 45.2 Å². The van der Waals surface area contributed by atoms with Crippen molar-refractivity contribution < 1.29 is 28.2 Å². The van der Waals surface area contributed by atoms with Crippen molar-refractivity contribution in [1.82, 2.24) is 4.72 Å². The molecule has 0 saturated heterocycles. The van der Waals surface area contributed by atoms with Gasteiger partial charge < -0.3 is 10.2 Å². The Kier molecular flexibility index (Phi) is 5.35. The minimum atomic E-state index is -4.37. The first-order valence-electron chi connectivity index (χ1n) is 5.06. The number of hydrogen-bond acceptors (Lipinski definition) is 4. The summed E-state index contributed by atoms with van der Waals surface area (Å²) in [6.45, 7) is 0. The lowest BCUT2D eigenvalue weighted by Gasteiger charge is -2.14. The third kappa shape index (κ3) is 4.07. The van der Waals surface area contributed by atoms with Crippen molar-refractivity contribution in [3.63, 3.8) is 0 Å². The van der Waals surface area contributed by atoms with Gasteiger partial charge in [-0.1, -0.05) is 29.3 Å². The second-order valence-corrected chi connectivity index (χ2v) is 6.13. The maximum absolute atomic E-state index is 12.0. The molecule has 1 atom stereocenters. The molecule has 0 aliphatic rings. The lowest BCUT2D eigenvalue weighted by molar-refractivity contribution is -0.145. The second-order valence-electron chi connectivity index (χ2n) is 3.66. The highest BCUT2D eigenvalue weighted by Crippen LogP contribution is 2.29. The molecule has 1 rings (SSSR count). The minimum Gasteiger partial charge on any atom is -0.481 e. The highest BCUT2D eigenvalue weighted by Gasteiger charge is 2.30. The molecule has 0 aliphatic heterocycles. The summed E-state index contributed by atoms with van der Waals surface area (Å²) >= 11 is 11.4. The molecule has 1 aromatic carbocycles. The van der Waals surface area contributed by atoms with Gasteiger partial charge in [-0.2, -0.15) is 4.72 Å². The fourth-order valence-corrected chi connectivity index (χ4v) is 3.67. The number of benzene rings is 1. The summed E-state index contributed by atoms with van der Waals surface area (Å²) in [7, 11) is -4.37. The summed E-state index contributed by atoms with van der Waals surface area (Å²) in [4.78, 5) is 20.9. The molecule has 20 heavy (non-hydrogen) atoms. The van der Waals surface area contributed by atoms with Crippen LogP contribution in [-0.4, -0.2) is 36.6 Å². The van der Waals surface area contributed by atoms with Gasteiger partial charge in [0.1, 0.15) is 10.9 Å². The summed E-state index contributed by atoms with van der Waals surface area (Å²) in [5.41, 5.74) is 0.